The number of amides is 1. The second-order valence-corrected chi connectivity index (χ2v) is 7.31. The van der Waals surface area contributed by atoms with Gasteiger partial charge in [-0.05, 0) is 57.2 Å². The lowest BCUT2D eigenvalue weighted by molar-refractivity contribution is -0.129. The molecule has 1 saturated carbocycles. The molecular weight excluding hydrogens is 347 g/mol. The van der Waals surface area contributed by atoms with Crippen molar-refractivity contribution in [3.8, 4) is 11.8 Å². The molecule has 0 bridgehead atoms. The van der Waals surface area contributed by atoms with Crippen molar-refractivity contribution in [2.45, 2.75) is 58.1 Å². The number of carbonyl (C=O) groups excluding carboxylic acids is 1. The number of rotatable bonds is 5. The lowest BCUT2D eigenvalue weighted by atomic mass is 9.85. The largest absolute Gasteiger partial charge is 0.479 e. The molecule has 1 amide bonds. The van der Waals surface area contributed by atoms with Crippen LogP contribution in [0.3, 0.4) is 0 Å². The van der Waals surface area contributed by atoms with Crippen molar-refractivity contribution >= 4 is 29.1 Å². The Kier molecular flexibility index (Phi) is 6.01. The van der Waals surface area contributed by atoms with E-state index in [0.717, 1.165) is 25.7 Å². The zero-order chi connectivity index (χ0) is 17.9. The van der Waals surface area contributed by atoms with Crippen molar-refractivity contribution < 1.29 is 9.53 Å². The molecule has 1 aromatic rings. The fourth-order valence-electron chi connectivity index (χ4n) is 3.05. The predicted molar refractivity (Wildman–Crippen MR) is 95.4 cm³/mol. The molecular formula is C18H22Cl2N2O2. The van der Waals surface area contributed by atoms with Crippen molar-refractivity contribution in [1.29, 1.82) is 5.26 Å². The third-order valence-electron chi connectivity index (χ3n) is 4.74. The average molecular weight is 369 g/mol. The van der Waals surface area contributed by atoms with Crippen LogP contribution in [-0.2, 0) is 4.79 Å². The van der Waals surface area contributed by atoms with E-state index in [-0.39, 0.29) is 11.8 Å². The van der Waals surface area contributed by atoms with Crippen molar-refractivity contribution in [3.05, 3.63) is 27.7 Å². The summed E-state index contributed by atoms with van der Waals surface area (Å²) in [6, 6.07) is 5.59. The summed E-state index contributed by atoms with van der Waals surface area (Å²) in [5.41, 5.74) is -0.165. The maximum absolute atomic E-state index is 12.5. The molecule has 1 aromatic carbocycles. The van der Waals surface area contributed by atoms with Gasteiger partial charge in [0.2, 0.25) is 0 Å². The van der Waals surface area contributed by atoms with Crippen molar-refractivity contribution in [3.63, 3.8) is 0 Å². The number of hydrogen-bond acceptors (Lipinski definition) is 3. The smallest absolute Gasteiger partial charge is 0.262 e. The van der Waals surface area contributed by atoms with Crippen LogP contribution in [0.2, 0.25) is 10.0 Å². The monoisotopic (exact) mass is 368 g/mol. The number of ether oxygens (including phenoxy) is 1. The molecule has 4 nitrogen and oxygen atoms in total. The Hall–Kier alpha value is -1.44. The van der Waals surface area contributed by atoms with Gasteiger partial charge >= 0.3 is 0 Å². The Bertz CT molecular complexity index is 666. The molecule has 24 heavy (non-hydrogen) atoms. The van der Waals surface area contributed by atoms with Crippen molar-refractivity contribution in [2.24, 2.45) is 5.92 Å². The molecule has 6 heteroatoms. The van der Waals surface area contributed by atoms with Gasteiger partial charge in [0.15, 0.2) is 6.10 Å². The van der Waals surface area contributed by atoms with Crippen molar-refractivity contribution in [2.75, 3.05) is 0 Å². The topological polar surface area (TPSA) is 62.1 Å². The number of nitrogens with zero attached hydrogens (tertiary/aromatic N) is 1. The molecule has 0 aliphatic heterocycles. The number of carbonyl (C=O) groups is 1. The highest BCUT2D eigenvalue weighted by Gasteiger charge is 2.38. The minimum absolute atomic E-state index is 0.181. The molecule has 2 rings (SSSR count). The van der Waals surface area contributed by atoms with Crippen LogP contribution >= 0.6 is 23.2 Å². The third-order valence-corrected chi connectivity index (χ3v) is 5.62. The Morgan fingerprint density at radius 1 is 1.42 bits per heavy atom. The summed E-state index contributed by atoms with van der Waals surface area (Å²) in [4.78, 5) is 12.5. The van der Waals surface area contributed by atoms with Gasteiger partial charge in [-0.1, -0.05) is 36.0 Å². The third kappa shape index (κ3) is 3.96. The fourth-order valence-corrected chi connectivity index (χ4v) is 3.47. The maximum atomic E-state index is 12.5. The molecule has 1 aliphatic carbocycles. The van der Waals surface area contributed by atoms with Crippen LogP contribution in [0.15, 0.2) is 12.1 Å². The van der Waals surface area contributed by atoms with E-state index in [1.54, 1.807) is 32.9 Å². The first-order chi connectivity index (χ1) is 11.3. The fraction of sp³-hybridized carbons (Fsp3) is 0.556. The van der Waals surface area contributed by atoms with E-state index in [1.807, 2.05) is 0 Å². The normalized spacial score (nSPS) is 18.5. The van der Waals surface area contributed by atoms with E-state index >= 15 is 0 Å². The van der Waals surface area contributed by atoms with E-state index in [0.29, 0.717) is 21.4 Å². The highest BCUT2D eigenvalue weighted by atomic mass is 35.5. The van der Waals surface area contributed by atoms with Crippen LogP contribution in [0.5, 0.6) is 5.75 Å². The highest BCUT2D eigenvalue weighted by molar-refractivity contribution is 6.36. The molecule has 2 unspecified atom stereocenters. The summed E-state index contributed by atoms with van der Waals surface area (Å²) >= 11 is 12.2. The first kappa shape index (κ1) is 18.9. The summed E-state index contributed by atoms with van der Waals surface area (Å²) in [7, 11) is 0. The summed E-state index contributed by atoms with van der Waals surface area (Å²) < 4.78 is 5.68. The second-order valence-electron chi connectivity index (χ2n) is 6.53. The maximum Gasteiger partial charge on any atom is 0.262 e. The molecule has 0 aromatic heterocycles. The van der Waals surface area contributed by atoms with E-state index in [4.69, 9.17) is 27.9 Å². The quantitative estimate of drug-likeness (QED) is 0.821. The molecule has 1 fully saturated rings. The Morgan fingerprint density at radius 2 is 2.04 bits per heavy atom. The summed E-state index contributed by atoms with van der Waals surface area (Å²) in [5.74, 6) is 0.260. The Balaban J connectivity index is 2.07. The molecule has 0 spiro atoms. The van der Waals surface area contributed by atoms with Gasteiger partial charge in [0.05, 0.1) is 11.1 Å². The molecule has 1 aliphatic rings. The number of nitrogens with one attached hydrogen (secondary N) is 1. The van der Waals surface area contributed by atoms with Gasteiger partial charge in [0, 0.05) is 5.02 Å². The molecule has 2 atom stereocenters. The van der Waals surface area contributed by atoms with Gasteiger partial charge in [-0.3, -0.25) is 4.79 Å². The first-order valence-electron chi connectivity index (χ1n) is 8.13. The molecule has 0 heterocycles. The van der Waals surface area contributed by atoms with Gasteiger partial charge in [-0.25, -0.2) is 0 Å². The summed E-state index contributed by atoms with van der Waals surface area (Å²) in [5, 5.41) is 13.3. The average Bonchev–Trinajstić information content (AvgIpc) is 3.10. The lowest BCUT2D eigenvalue weighted by Gasteiger charge is -2.31. The zero-order valence-electron chi connectivity index (χ0n) is 14.2. The van der Waals surface area contributed by atoms with Crippen LogP contribution in [0, 0.1) is 24.2 Å². The molecule has 1 N–H and O–H groups in total. The molecule has 0 radical (unpaired) electrons. The van der Waals surface area contributed by atoms with Gasteiger partial charge < -0.3 is 10.1 Å². The zero-order valence-corrected chi connectivity index (χ0v) is 15.7. The van der Waals surface area contributed by atoms with E-state index in [1.165, 1.54) is 0 Å². The number of hydrogen-bond donors (Lipinski definition) is 1. The highest BCUT2D eigenvalue weighted by Crippen LogP contribution is 2.35. The van der Waals surface area contributed by atoms with Crippen LogP contribution in [0.25, 0.3) is 0 Å². The standard InChI is InChI=1S/C18H22Cl2N2O2/c1-11-14(19)8-9-15(16(11)20)24-12(2)17(23)22-18(3,10-21)13-6-4-5-7-13/h8-9,12-13H,4-7H2,1-3H3,(H,22,23). The minimum Gasteiger partial charge on any atom is -0.479 e. The number of halogens is 2. The van der Waals surface area contributed by atoms with Gasteiger partial charge in [-0.2, -0.15) is 5.26 Å². The van der Waals surface area contributed by atoms with Gasteiger partial charge in [0.1, 0.15) is 11.3 Å². The predicted octanol–water partition coefficient (Wildman–Crippen LogP) is 4.66. The summed E-state index contributed by atoms with van der Waals surface area (Å²) in [6.07, 6.45) is 3.36. The van der Waals surface area contributed by atoms with E-state index in [2.05, 4.69) is 11.4 Å². The summed E-state index contributed by atoms with van der Waals surface area (Å²) in [6.45, 7) is 5.21. The second kappa shape index (κ2) is 7.63. The van der Waals surface area contributed by atoms with Gasteiger partial charge in [0.25, 0.3) is 5.91 Å². The lowest BCUT2D eigenvalue weighted by Crippen LogP contribution is -2.53. The minimum atomic E-state index is -0.870. The van der Waals surface area contributed by atoms with Crippen molar-refractivity contribution in [1.82, 2.24) is 5.32 Å². The van der Waals surface area contributed by atoms with Crippen LogP contribution in [0.1, 0.15) is 45.1 Å². The van der Waals surface area contributed by atoms with Gasteiger partial charge in [-0.15, -0.1) is 0 Å². The van der Waals surface area contributed by atoms with Crippen LogP contribution in [0.4, 0.5) is 0 Å². The van der Waals surface area contributed by atoms with Crippen LogP contribution in [-0.4, -0.2) is 17.6 Å². The van der Waals surface area contributed by atoms with Crippen LogP contribution < -0.4 is 10.1 Å². The Labute approximate surface area is 153 Å². The Morgan fingerprint density at radius 3 is 2.62 bits per heavy atom. The molecule has 0 saturated heterocycles. The number of benzene rings is 1. The van der Waals surface area contributed by atoms with E-state index in [9.17, 15) is 10.1 Å². The number of nitriles is 1. The van der Waals surface area contributed by atoms with E-state index < -0.39 is 11.6 Å². The molecule has 130 valence electrons. The SMILES string of the molecule is Cc1c(Cl)ccc(OC(C)C(=O)NC(C)(C#N)C2CCCC2)c1Cl. The first-order valence-corrected chi connectivity index (χ1v) is 8.88.